The SMILES string of the molecule is Cc1oc(CNC2CC2)cc1COCc1ccc(Cl)cc1. The number of aryl methyl sites for hydroxylation is 1. The average Bonchev–Trinajstić information content (AvgIpc) is 3.24. The molecule has 0 aliphatic heterocycles. The minimum absolute atomic E-state index is 0.571. The van der Waals surface area contributed by atoms with Crippen LogP contribution in [-0.4, -0.2) is 6.04 Å². The summed E-state index contributed by atoms with van der Waals surface area (Å²) in [4.78, 5) is 0. The summed E-state index contributed by atoms with van der Waals surface area (Å²) in [6.45, 7) is 3.95. The van der Waals surface area contributed by atoms with Crippen LogP contribution < -0.4 is 5.32 Å². The van der Waals surface area contributed by atoms with Crippen molar-refractivity contribution >= 4 is 11.6 Å². The zero-order valence-electron chi connectivity index (χ0n) is 12.2. The zero-order chi connectivity index (χ0) is 14.7. The first kappa shape index (κ1) is 14.6. The van der Waals surface area contributed by atoms with Crippen LogP contribution >= 0.6 is 11.6 Å². The fraction of sp³-hybridized carbons (Fsp3) is 0.412. The molecule has 0 amide bonds. The Balaban J connectivity index is 1.48. The lowest BCUT2D eigenvalue weighted by Crippen LogP contribution is -2.14. The van der Waals surface area contributed by atoms with Gasteiger partial charge < -0.3 is 14.5 Å². The van der Waals surface area contributed by atoms with Gasteiger partial charge in [0.15, 0.2) is 0 Å². The van der Waals surface area contributed by atoms with Gasteiger partial charge in [-0.05, 0) is 43.5 Å². The molecule has 21 heavy (non-hydrogen) atoms. The van der Waals surface area contributed by atoms with Crippen molar-refractivity contribution in [2.75, 3.05) is 0 Å². The molecule has 0 unspecified atom stereocenters. The summed E-state index contributed by atoms with van der Waals surface area (Å²) in [6, 6.07) is 10.5. The van der Waals surface area contributed by atoms with Crippen LogP contribution in [0.5, 0.6) is 0 Å². The van der Waals surface area contributed by atoms with Gasteiger partial charge >= 0.3 is 0 Å². The normalized spacial score (nSPS) is 14.6. The minimum Gasteiger partial charge on any atom is -0.465 e. The summed E-state index contributed by atoms with van der Waals surface area (Å²) in [6.07, 6.45) is 2.58. The molecule has 2 aromatic rings. The van der Waals surface area contributed by atoms with E-state index < -0.39 is 0 Å². The van der Waals surface area contributed by atoms with Crippen LogP contribution in [0.2, 0.25) is 5.02 Å². The molecule has 0 atom stereocenters. The van der Waals surface area contributed by atoms with E-state index >= 15 is 0 Å². The molecule has 1 heterocycles. The second-order valence-electron chi connectivity index (χ2n) is 5.57. The van der Waals surface area contributed by atoms with E-state index in [4.69, 9.17) is 20.8 Å². The lowest BCUT2D eigenvalue weighted by molar-refractivity contribution is 0.106. The smallest absolute Gasteiger partial charge is 0.118 e. The second-order valence-corrected chi connectivity index (χ2v) is 6.01. The summed E-state index contributed by atoms with van der Waals surface area (Å²) < 4.78 is 11.5. The van der Waals surface area contributed by atoms with Gasteiger partial charge in [-0.25, -0.2) is 0 Å². The van der Waals surface area contributed by atoms with E-state index in [1.807, 2.05) is 31.2 Å². The van der Waals surface area contributed by atoms with Gasteiger partial charge in [0.2, 0.25) is 0 Å². The molecule has 0 radical (unpaired) electrons. The maximum absolute atomic E-state index is 5.86. The number of halogens is 1. The van der Waals surface area contributed by atoms with Gasteiger partial charge in [0, 0.05) is 16.6 Å². The fourth-order valence-electron chi connectivity index (χ4n) is 2.21. The second kappa shape index (κ2) is 6.65. The fourth-order valence-corrected chi connectivity index (χ4v) is 2.34. The molecule has 1 aromatic heterocycles. The number of rotatable bonds is 7. The molecule has 4 heteroatoms. The Bertz CT molecular complexity index is 587. The third-order valence-electron chi connectivity index (χ3n) is 3.65. The quantitative estimate of drug-likeness (QED) is 0.832. The number of furan rings is 1. The lowest BCUT2D eigenvalue weighted by atomic mass is 10.2. The van der Waals surface area contributed by atoms with Gasteiger partial charge in [0.1, 0.15) is 11.5 Å². The molecular formula is C17H20ClNO2. The largest absolute Gasteiger partial charge is 0.465 e. The van der Waals surface area contributed by atoms with Crippen LogP contribution in [0.15, 0.2) is 34.7 Å². The van der Waals surface area contributed by atoms with Gasteiger partial charge in [-0.3, -0.25) is 0 Å². The first-order chi connectivity index (χ1) is 10.2. The summed E-state index contributed by atoms with van der Waals surface area (Å²) in [5.41, 5.74) is 2.24. The zero-order valence-corrected chi connectivity index (χ0v) is 13.0. The number of ether oxygens (including phenoxy) is 1. The highest BCUT2D eigenvalue weighted by molar-refractivity contribution is 6.30. The topological polar surface area (TPSA) is 34.4 Å². The Hall–Kier alpha value is -1.29. The Labute approximate surface area is 130 Å². The van der Waals surface area contributed by atoms with E-state index in [0.717, 1.165) is 34.2 Å². The molecule has 1 aromatic carbocycles. The Kier molecular flexibility index (Phi) is 4.63. The van der Waals surface area contributed by atoms with Crippen LogP contribution in [0.1, 0.15) is 35.5 Å². The number of benzene rings is 1. The highest BCUT2D eigenvalue weighted by atomic mass is 35.5. The van der Waals surface area contributed by atoms with E-state index in [1.54, 1.807) is 0 Å². The highest BCUT2D eigenvalue weighted by Crippen LogP contribution is 2.21. The molecule has 0 spiro atoms. The van der Waals surface area contributed by atoms with Crippen molar-refractivity contribution in [3.8, 4) is 0 Å². The maximum Gasteiger partial charge on any atom is 0.118 e. The molecular weight excluding hydrogens is 286 g/mol. The molecule has 0 saturated heterocycles. The van der Waals surface area contributed by atoms with Crippen molar-refractivity contribution in [1.82, 2.24) is 5.32 Å². The van der Waals surface area contributed by atoms with Crippen molar-refractivity contribution in [3.63, 3.8) is 0 Å². The van der Waals surface area contributed by atoms with E-state index in [-0.39, 0.29) is 0 Å². The predicted molar refractivity (Wildman–Crippen MR) is 83.3 cm³/mol. The van der Waals surface area contributed by atoms with Gasteiger partial charge in [-0.1, -0.05) is 23.7 Å². The van der Waals surface area contributed by atoms with Crippen LogP contribution in [0.4, 0.5) is 0 Å². The summed E-state index contributed by atoms with van der Waals surface area (Å²) in [7, 11) is 0. The monoisotopic (exact) mass is 305 g/mol. The summed E-state index contributed by atoms with van der Waals surface area (Å²) >= 11 is 5.86. The number of hydrogen-bond donors (Lipinski definition) is 1. The summed E-state index contributed by atoms with van der Waals surface area (Å²) in [5, 5.41) is 4.20. The van der Waals surface area contributed by atoms with Crippen molar-refractivity contribution < 1.29 is 9.15 Å². The van der Waals surface area contributed by atoms with E-state index in [0.29, 0.717) is 19.3 Å². The molecule has 1 aliphatic carbocycles. The summed E-state index contributed by atoms with van der Waals surface area (Å²) in [5.74, 6) is 1.93. The average molecular weight is 306 g/mol. The number of nitrogens with one attached hydrogen (secondary N) is 1. The van der Waals surface area contributed by atoms with E-state index in [2.05, 4.69) is 11.4 Å². The van der Waals surface area contributed by atoms with E-state index in [9.17, 15) is 0 Å². The highest BCUT2D eigenvalue weighted by Gasteiger charge is 2.20. The van der Waals surface area contributed by atoms with Gasteiger partial charge in [-0.2, -0.15) is 0 Å². The predicted octanol–water partition coefficient (Wildman–Crippen LogP) is 4.21. The van der Waals surface area contributed by atoms with Gasteiger partial charge in [0.05, 0.1) is 19.8 Å². The van der Waals surface area contributed by atoms with Crippen LogP contribution in [0, 0.1) is 6.92 Å². The molecule has 3 rings (SSSR count). The molecule has 112 valence electrons. The van der Waals surface area contributed by atoms with E-state index in [1.165, 1.54) is 12.8 Å². The third kappa shape index (κ3) is 4.34. The lowest BCUT2D eigenvalue weighted by Gasteiger charge is -2.03. The van der Waals surface area contributed by atoms with Crippen molar-refractivity contribution in [2.45, 2.75) is 45.6 Å². The maximum atomic E-state index is 5.86. The van der Waals surface area contributed by atoms with Crippen LogP contribution in [0.3, 0.4) is 0 Å². The molecule has 3 nitrogen and oxygen atoms in total. The van der Waals surface area contributed by atoms with Crippen molar-refractivity contribution in [3.05, 3.63) is 58.0 Å². The Morgan fingerprint density at radius 2 is 2.00 bits per heavy atom. The molecule has 1 aliphatic rings. The van der Waals surface area contributed by atoms with Crippen LogP contribution in [0.25, 0.3) is 0 Å². The molecule has 0 bridgehead atoms. The van der Waals surface area contributed by atoms with Crippen LogP contribution in [-0.2, 0) is 24.5 Å². The first-order valence-electron chi connectivity index (χ1n) is 7.34. The van der Waals surface area contributed by atoms with Gasteiger partial charge in [0.25, 0.3) is 0 Å². The van der Waals surface area contributed by atoms with Gasteiger partial charge in [-0.15, -0.1) is 0 Å². The standard InChI is InChI=1S/C17H20ClNO2/c1-12-14(8-17(21-12)9-19-16-6-7-16)11-20-10-13-2-4-15(18)5-3-13/h2-5,8,16,19H,6-7,9-11H2,1H3. The molecule has 1 fully saturated rings. The third-order valence-corrected chi connectivity index (χ3v) is 3.91. The molecule has 1 N–H and O–H groups in total. The first-order valence-corrected chi connectivity index (χ1v) is 7.72. The Morgan fingerprint density at radius 3 is 2.71 bits per heavy atom. The molecule has 1 saturated carbocycles. The van der Waals surface area contributed by atoms with Crippen molar-refractivity contribution in [1.29, 1.82) is 0 Å². The van der Waals surface area contributed by atoms with Crippen molar-refractivity contribution in [2.24, 2.45) is 0 Å². The number of hydrogen-bond acceptors (Lipinski definition) is 3. The Morgan fingerprint density at radius 1 is 1.24 bits per heavy atom. The minimum atomic E-state index is 0.571.